The maximum Gasteiger partial charge on any atom is 0.236 e. The molecule has 1 heterocycles. The molecule has 0 atom stereocenters. The molecule has 3 aromatic rings. The Bertz CT molecular complexity index is 788. The number of carbonyl (C=O) groups is 1. The van der Waals surface area contributed by atoms with E-state index >= 15 is 0 Å². The first-order chi connectivity index (χ1) is 11.2. The summed E-state index contributed by atoms with van der Waals surface area (Å²) in [6.45, 7) is 0. The highest BCUT2D eigenvalue weighted by atomic mass is 32.2. The van der Waals surface area contributed by atoms with Crippen LogP contribution in [0.25, 0.3) is 11.3 Å². The van der Waals surface area contributed by atoms with Gasteiger partial charge in [-0.05, 0) is 36.4 Å². The van der Waals surface area contributed by atoms with Gasteiger partial charge in [-0.15, -0.1) is 23.1 Å². The first-order valence-corrected chi connectivity index (χ1v) is 8.76. The molecule has 0 aliphatic carbocycles. The highest BCUT2D eigenvalue weighted by Gasteiger charge is 2.08. The molecule has 3 rings (SSSR count). The maximum absolute atomic E-state index is 12.9. The third-order valence-electron chi connectivity index (χ3n) is 3.00. The molecule has 1 N–H and O–H groups in total. The minimum Gasteiger partial charge on any atom is -0.301 e. The van der Waals surface area contributed by atoms with Gasteiger partial charge in [-0.1, -0.05) is 18.2 Å². The highest BCUT2D eigenvalue weighted by molar-refractivity contribution is 8.00. The largest absolute Gasteiger partial charge is 0.301 e. The van der Waals surface area contributed by atoms with Crippen molar-refractivity contribution in [2.75, 3.05) is 11.1 Å². The van der Waals surface area contributed by atoms with Gasteiger partial charge in [-0.2, -0.15) is 0 Å². The molecule has 0 radical (unpaired) electrons. The Morgan fingerprint density at radius 2 is 1.87 bits per heavy atom. The van der Waals surface area contributed by atoms with Gasteiger partial charge in [0.2, 0.25) is 5.91 Å². The molecule has 116 valence electrons. The van der Waals surface area contributed by atoms with Crippen molar-refractivity contribution in [3.63, 3.8) is 0 Å². The number of aromatic nitrogens is 1. The summed E-state index contributed by atoms with van der Waals surface area (Å²) in [5, 5.41) is 5.17. The van der Waals surface area contributed by atoms with Crippen molar-refractivity contribution >= 4 is 34.1 Å². The fraction of sp³-hybridized carbons (Fsp3) is 0.0588. The van der Waals surface area contributed by atoms with Crippen molar-refractivity contribution in [3.8, 4) is 11.3 Å². The van der Waals surface area contributed by atoms with Gasteiger partial charge in [0.25, 0.3) is 0 Å². The molecule has 1 amide bonds. The van der Waals surface area contributed by atoms with Crippen LogP contribution in [0.4, 0.5) is 9.52 Å². The number of halogens is 1. The third-order valence-corrected chi connectivity index (χ3v) is 4.77. The summed E-state index contributed by atoms with van der Waals surface area (Å²) in [7, 11) is 0. The van der Waals surface area contributed by atoms with Gasteiger partial charge in [0, 0.05) is 15.8 Å². The average Bonchev–Trinajstić information content (AvgIpc) is 3.03. The van der Waals surface area contributed by atoms with E-state index in [-0.39, 0.29) is 11.7 Å². The van der Waals surface area contributed by atoms with Crippen molar-refractivity contribution in [3.05, 3.63) is 65.8 Å². The number of anilines is 1. The third kappa shape index (κ3) is 4.40. The number of nitrogens with one attached hydrogen (secondary N) is 1. The highest BCUT2D eigenvalue weighted by Crippen LogP contribution is 2.25. The van der Waals surface area contributed by atoms with E-state index in [1.54, 1.807) is 12.1 Å². The van der Waals surface area contributed by atoms with Crippen molar-refractivity contribution in [2.24, 2.45) is 0 Å². The second-order valence-electron chi connectivity index (χ2n) is 4.69. The first kappa shape index (κ1) is 15.7. The zero-order valence-corrected chi connectivity index (χ0v) is 13.7. The fourth-order valence-electron chi connectivity index (χ4n) is 1.91. The minimum atomic E-state index is -0.282. The number of benzene rings is 2. The molecular formula is C17H13FN2OS2. The number of amides is 1. The zero-order chi connectivity index (χ0) is 16.1. The molecule has 6 heteroatoms. The summed E-state index contributed by atoms with van der Waals surface area (Å²) in [5.74, 6) is -0.0514. The maximum atomic E-state index is 12.9. The van der Waals surface area contributed by atoms with E-state index in [4.69, 9.17) is 0 Å². The second kappa shape index (κ2) is 7.39. The number of nitrogens with zero attached hydrogens (tertiary/aromatic N) is 1. The predicted octanol–water partition coefficient (Wildman–Crippen LogP) is 4.68. The van der Waals surface area contributed by atoms with Crippen LogP contribution in [-0.4, -0.2) is 16.6 Å². The van der Waals surface area contributed by atoms with E-state index < -0.39 is 0 Å². The van der Waals surface area contributed by atoms with Gasteiger partial charge in [0.15, 0.2) is 5.13 Å². The summed E-state index contributed by atoms with van der Waals surface area (Å²) in [5.41, 5.74) is 1.54. The Labute approximate surface area is 141 Å². The van der Waals surface area contributed by atoms with Crippen LogP contribution in [0.3, 0.4) is 0 Å². The lowest BCUT2D eigenvalue weighted by Gasteiger charge is -2.02. The molecule has 0 unspecified atom stereocenters. The van der Waals surface area contributed by atoms with Crippen LogP contribution in [0, 0.1) is 5.82 Å². The van der Waals surface area contributed by atoms with Gasteiger partial charge in [0.05, 0.1) is 11.4 Å². The lowest BCUT2D eigenvalue weighted by atomic mass is 10.2. The predicted molar refractivity (Wildman–Crippen MR) is 93.3 cm³/mol. The van der Waals surface area contributed by atoms with Gasteiger partial charge < -0.3 is 5.32 Å². The lowest BCUT2D eigenvalue weighted by Crippen LogP contribution is -2.13. The van der Waals surface area contributed by atoms with Crippen molar-refractivity contribution in [2.45, 2.75) is 4.90 Å². The molecule has 0 aliphatic heterocycles. The van der Waals surface area contributed by atoms with E-state index in [9.17, 15) is 9.18 Å². The molecule has 0 saturated carbocycles. The lowest BCUT2D eigenvalue weighted by molar-refractivity contribution is -0.113. The number of thiazole rings is 1. The first-order valence-electron chi connectivity index (χ1n) is 6.90. The van der Waals surface area contributed by atoms with Gasteiger partial charge in [-0.3, -0.25) is 4.79 Å². The molecule has 0 bridgehead atoms. The van der Waals surface area contributed by atoms with Crippen LogP contribution in [0.2, 0.25) is 0 Å². The number of hydrogen-bond acceptors (Lipinski definition) is 4. The van der Waals surface area contributed by atoms with Crippen LogP contribution in [0.5, 0.6) is 0 Å². The van der Waals surface area contributed by atoms with E-state index in [0.29, 0.717) is 10.9 Å². The van der Waals surface area contributed by atoms with E-state index in [0.717, 1.165) is 16.2 Å². The number of thioether (sulfide) groups is 1. The molecule has 0 saturated heterocycles. The van der Waals surface area contributed by atoms with Crippen LogP contribution in [0.15, 0.2) is 64.9 Å². The van der Waals surface area contributed by atoms with Gasteiger partial charge in [0.1, 0.15) is 5.82 Å². The smallest absolute Gasteiger partial charge is 0.236 e. The standard InChI is InChI=1S/C17H13FN2OS2/c18-13-8-6-12(7-9-13)15-10-23-17(19-15)20-16(21)11-22-14-4-2-1-3-5-14/h1-10H,11H2,(H,19,20,21). The summed E-state index contributed by atoms with van der Waals surface area (Å²) in [6.07, 6.45) is 0. The molecule has 1 aromatic heterocycles. The van der Waals surface area contributed by atoms with Crippen LogP contribution >= 0.6 is 23.1 Å². The minimum absolute atomic E-state index is 0.0983. The molecule has 0 spiro atoms. The van der Waals surface area contributed by atoms with Crippen LogP contribution < -0.4 is 5.32 Å². The molecular weight excluding hydrogens is 331 g/mol. The van der Waals surface area contributed by atoms with E-state index in [1.165, 1.54) is 35.2 Å². The summed E-state index contributed by atoms with van der Waals surface area (Å²) in [6, 6.07) is 15.9. The molecule has 0 fully saturated rings. The number of hydrogen-bond donors (Lipinski definition) is 1. The Morgan fingerprint density at radius 3 is 2.61 bits per heavy atom. The number of carbonyl (C=O) groups excluding carboxylic acids is 1. The van der Waals surface area contributed by atoms with E-state index in [1.807, 2.05) is 35.7 Å². The Morgan fingerprint density at radius 1 is 1.13 bits per heavy atom. The fourth-order valence-corrected chi connectivity index (χ4v) is 3.36. The van der Waals surface area contributed by atoms with Crippen LogP contribution in [0.1, 0.15) is 0 Å². The summed E-state index contributed by atoms with van der Waals surface area (Å²) < 4.78 is 12.9. The Hall–Kier alpha value is -2.18. The van der Waals surface area contributed by atoms with Gasteiger partial charge in [-0.25, -0.2) is 9.37 Å². The Balaban J connectivity index is 1.58. The van der Waals surface area contributed by atoms with E-state index in [2.05, 4.69) is 10.3 Å². The summed E-state index contributed by atoms with van der Waals surface area (Å²) >= 11 is 2.83. The van der Waals surface area contributed by atoms with Gasteiger partial charge >= 0.3 is 0 Å². The topological polar surface area (TPSA) is 42.0 Å². The second-order valence-corrected chi connectivity index (χ2v) is 6.60. The normalized spacial score (nSPS) is 10.5. The quantitative estimate of drug-likeness (QED) is 0.683. The molecule has 2 aromatic carbocycles. The number of rotatable bonds is 5. The van der Waals surface area contributed by atoms with Crippen molar-refractivity contribution < 1.29 is 9.18 Å². The molecule has 23 heavy (non-hydrogen) atoms. The molecule has 3 nitrogen and oxygen atoms in total. The Kier molecular flexibility index (Phi) is 5.05. The average molecular weight is 344 g/mol. The monoisotopic (exact) mass is 344 g/mol. The van der Waals surface area contributed by atoms with Crippen LogP contribution in [-0.2, 0) is 4.79 Å². The van der Waals surface area contributed by atoms with Crippen molar-refractivity contribution in [1.29, 1.82) is 0 Å². The zero-order valence-electron chi connectivity index (χ0n) is 12.0. The summed E-state index contributed by atoms with van der Waals surface area (Å²) in [4.78, 5) is 17.4. The SMILES string of the molecule is O=C(CSc1ccccc1)Nc1nc(-c2ccc(F)cc2)cs1. The van der Waals surface area contributed by atoms with Crippen molar-refractivity contribution in [1.82, 2.24) is 4.98 Å². The molecule has 0 aliphatic rings.